The molecule has 41 heavy (non-hydrogen) atoms. The number of ether oxygens (including phenoxy) is 1. The summed E-state index contributed by atoms with van der Waals surface area (Å²) in [6, 6.07) is 5.51. The Bertz CT molecular complexity index is 1240. The van der Waals surface area contributed by atoms with Crippen LogP contribution in [0.5, 0.6) is 5.75 Å². The fourth-order valence-corrected chi connectivity index (χ4v) is 8.04. The van der Waals surface area contributed by atoms with Crippen molar-refractivity contribution in [1.82, 2.24) is 20.0 Å². The van der Waals surface area contributed by atoms with Crippen LogP contribution in [-0.2, 0) is 20.9 Å². The Balaban J connectivity index is 0.935. The molecule has 9 nitrogen and oxygen atoms in total. The Kier molecular flexibility index (Phi) is 7.04. The minimum atomic E-state index is -0.603. The van der Waals surface area contributed by atoms with Gasteiger partial charge in [-0.2, -0.15) is 0 Å². The topological polar surface area (TPSA) is 99.3 Å². The van der Waals surface area contributed by atoms with Crippen molar-refractivity contribution in [3.63, 3.8) is 0 Å². The van der Waals surface area contributed by atoms with Gasteiger partial charge in [-0.3, -0.25) is 29.4 Å². The molecule has 7 rings (SSSR count). The highest BCUT2D eigenvalue weighted by atomic mass is 16.5. The van der Waals surface area contributed by atoms with Gasteiger partial charge in [0.2, 0.25) is 17.7 Å². The average molecular weight is 563 g/mol. The molecule has 0 radical (unpaired) electrons. The molecule has 2 aliphatic carbocycles. The SMILES string of the molecule is CC1CC1C(=O)N1CCC(C2CN(C3CCCCC3Oc3ccc4c(c3)CN(C3CCC(=O)NC3=O)C4=O)C2)CC1. The van der Waals surface area contributed by atoms with Gasteiger partial charge in [0, 0.05) is 56.7 Å². The van der Waals surface area contributed by atoms with Crippen LogP contribution in [0.2, 0.25) is 0 Å². The van der Waals surface area contributed by atoms with Gasteiger partial charge in [0.05, 0.1) is 0 Å². The maximum Gasteiger partial charge on any atom is 0.255 e. The zero-order valence-electron chi connectivity index (χ0n) is 24.1. The molecule has 9 heteroatoms. The van der Waals surface area contributed by atoms with Crippen molar-refractivity contribution in [3.05, 3.63) is 29.3 Å². The van der Waals surface area contributed by atoms with E-state index in [0.717, 1.165) is 87.9 Å². The molecule has 1 N–H and O–H groups in total. The molecule has 4 aliphatic heterocycles. The van der Waals surface area contributed by atoms with E-state index in [2.05, 4.69) is 22.0 Å². The largest absolute Gasteiger partial charge is 0.489 e. The molecule has 5 unspecified atom stereocenters. The number of piperidine rings is 2. The molecule has 6 aliphatic rings. The van der Waals surface area contributed by atoms with E-state index < -0.39 is 6.04 Å². The summed E-state index contributed by atoms with van der Waals surface area (Å²) in [5, 5.41) is 2.37. The summed E-state index contributed by atoms with van der Waals surface area (Å²) in [7, 11) is 0. The van der Waals surface area contributed by atoms with E-state index in [1.54, 1.807) is 4.90 Å². The molecule has 3 saturated heterocycles. The highest BCUT2D eigenvalue weighted by Gasteiger charge is 2.45. The van der Waals surface area contributed by atoms with Gasteiger partial charge in [0.15, 0.2) is 0 Å². The van der Waals surface area contributed by atoms with Crippen LogP contribution >= 0.6 is 0 Å². The van der Waals surface area contributed by atoms with Crippen molar-refractivity contribution >= 4 is 23.6 Å². The van der Waals surface area contributed by atoms with E-state index in [-0.39, 0.29) is 30.2 Å². The third-order valence-corrected chi connectivity index (χ3v) is 10.8. The first kappa shape index (κ1) is 26.9. The van der Waals surface area contributed by atoms with Gasteiger partial charge in [-0.1, -0.05) is 13.3 Å². The number of benzene rings is 1. The maximum absolute atomic E-state index is 13.1. The second kappa shape index (κ2) is 10.7. The molecule has 0 aromatic heterocycles. The van der Waals surface area contributed by atoms with Crippen LogP contribution in [-0.4, -0.2) is 82.7 Å². The van der Waals surface area contributed by atoms with Gasteiger partial charge in [-0.05, 0) is 86.5 Å². The number of amides is 4. The van der Waals surface area contributed by atoms with E-state index in [1.165, 1.54) is 6.42 Å². The van der Waals surface area contributed by atoms with E-state index >= 15 is 0 Å². The monoisotopic (exact) mass is 562 g/mol. The van der Waals surface area contributed by atoms with Gasteiger partial charge in [-0.15, -0.1) is 0 Å². The van der Waals surface area contributed by atoms with Crippen molar-refractivity contribution in [1.29, 1.82) is 0 Å². The molecule has 4 heterocycles. The van der Waals surface area contributed by atoms with Gasteiger partial charge in [-0.25, -0.2) is 0 Å². The molecular formula is C32H42N4O5. The molecule has 0 bridgehead atoms. The molecule has 220 valence electrons. The number of nitrogens with zero attached hydrogens (tertiary/aromatic N) is 3. The molecular weight excluding hydrogens is 520 g/mol. The second-order valence-corrected chi connectivity index (χ2v) is 13.4. The number of carbonyl (C=O) groups is 4. The van der Waals surface area contributed by atoms with Crippen LogP contribution < -0.4 is 10.1 Å². The van der Waals surface area contributed by atoms with Gasteiger partial charge < -0.3 is 14.5 Å². The minimum absolute atomic E-state index is 0.131. The lowest BCUT2D eigenvalue weighted by molar-refractivity contribution is -0.137. The fraction of sp³-hybridized carbons (Fsp3) is 0.688. The smallest absolute Gasteiger partial charge is 0.255 e. The summed E-state index contributed by atoms with van der Waals surface area (Å²) in [6.45, 7) is 6.66. The molecule has 5 fully saturated rings. The molecule has 1 aromatic carbocycles. The Morgan fingerprint density at radius 3 is 2.46 bits per heavy atom. The number of hydrogen-bond acceptors (Lipinski definition) is 6. The zero-order chi connectivity index (χ0) is 28.2. The number of likely N-dealkylation sites (tertiary alicyclic amines) is 2. The highest BCUT2D eigenvalue weighted by molar-refractivity contribution is 6.05. The predicted molar refractivity (Wildman–Crippen MR) is 151 cm³/mol. The number of carbonyl (C=O) groups excluding carboxylic acids is 4. The van der Waals surface area contributed by atoms with Crippen molar-refractivity contribution in [2.24, 2.45) is 23.7 Å². The third kappa shape index (κ3) is 5.15. The van der Waals surface area contributed by atoms with E-state index in [9.17, 15) is 19.2 Å². The van der Waals surface area contributed by atoms with Crippen LogP contribution in [0, 0.1) is 23.7 Å². The summed E-state index contributed by atoms with van der Waals surface area (Å²) < 4.78 is 6.62. The van der Waals surface area contributed by atoms with E-state index in [1.807, 2.05) is 18.2 Å². The average Bonchev–Trinajstić information content (AvgIpc) is 3.59. The van der Waals surface area contributed by atoms with Crippen molar-refractivity contribution in [2.75, 3.05) is 26.2 Å². The van der Waals surface area contributed by atoms with Crippen molar-refractivity contribution in [2.45, 2.75) is 89.4 Å². The summed E-state index contributed by atoms with van der Waals surface area (Å²) in [5.74, 6) is 2.69. The van der Waals surface area contributed by atoms with Crippen LogP contribution in [0.1, 0.15) is 80.6 Å². The number of hydrogen-bond donors (Lipinski definition) is 1. The summed E-state index contributed by atoms with van der Waals surface area (Å²) in [5.41, 5.74) is 1.50. The van der Waals surface area contributed by atoms with Crippen LogP contribution in [0.3, 0.4) is 0 Å². The number of nitrogens with one attached hydrogen (secondary N) is 1. The Morgan fingerprint density at radius 2 is 1.73 bits per heavy atom. The molecule has 0 spiro atoms. The fourth-order valence-electron chi connectivity index (χ4n) is 8.04. The summed E-state index contributed by atoms with van der Waals surface area (Å²) in [4.78, 5) is 56.0. The number of rotatable bonds is 6. The lowest BCUT2D eigenvalue weighted by Gasteiger charge is -2.51. The first-order valence-electron chi connectivity index (χ1n) is 15.8. The Morgan fingerprint density at radius 1 is 0.976 bits per heavy atom. The van der Waals surface area contributed by atoms with Crippen LogP contribution in [0.4, 0.5) is 0 Å². The van der Waals surface area contributed by atoms with E-state index in [4.69, 9.17) is 4.74 Å². The summed E-state index contributed by atoms with van der Waals surface area (Å²) >= 11 is 0. The lowest BCUT2D eigenvalue weighted by Crippen LogP contribution is -2.60. The number of fused-ring (bicyclic) bond motifs is 1. The third-order valence-electron chi connectivity index (χ3n) is 10.8. The first-order valence-corrected chi connectivity index (χ1v) is 15.8. The highest BCUT2D eigenvalue weighted by Crippen LogP contribution is 2.41. The first-order chi connectivity index (χ1) is 19.9. The quantitative estimate of drug-likeness (QED) is 0.536. The standard InChI is InChI=1S/C32H42N4O5/c1-19-14-25(19)31(39)34-12-10-20(11-13-34)22-16-35(17-22)26-4-2-3-5-28(26)41-23-6-7-24-21(15-23)18-36(32(24)40)27-8-9-29(37)33-30(27)38/h6-7,15,19-20,22,25-28H,2-5,8-14,16-18H2,1H3,(H,33,37,38). The molecule has 4 amide bonds. The minimum Gasteiger partial charge on any atom is -0.489 e. The van der Waals surface area contributed by atoms with Gasteiger partial charge >= 0.3 is 0 Å². The van der Waals surface area contributed by atoms with Crippen LogP contribution in [0.15, 0.2) is 18.2 Å². The van der Waals surface area contributed by atoms with E-state index in [0.29, 0.717) is 42.3 Å². The van der Waals surface area contributed by atoms with Gasteiger partial charge in [0.25, 0.3) is 5.91 Å². The van der Waals surface area contributed by atoms with Crippen molar-refractivity contribution < 1.29 is 23.9 Å². The molecule has 5 atom stereocenters. The van der Waals surface area contributed by atoms with Crippen LogP contribution in [0.25, 0.3) is 0 Å². The lowest BCUT2D eigenvalue weighted by atomic mass is 9.77. The maximum atomic E-state index is 13.1. The Labute approximate surface area is 241 Å². The number of imide groups is 1. The second-order valence-electron chi connectivity index (χ2n) is 13.4. The van der Waals surface area contributed by atoms with Gasteiger partial charge in [0.1, 0.15) is 17.9 Å². The predicted octanol–water partition coefficient (Wildman–Crippen LogP) is 2.96. The molecule has 1 aromatic rings. The molecule has 2 saturated carbocycles. The normalized spacial score (nSPS) is 32.9. The van der Waals surface area contributed by atoms with Crippen molar-refractivity contribution in [3.8, 4) is 5.75 Å². The zero-order valence-corrected chi connectivity index (χ0v) is 24.1. The summed E-state index contributed by atoms with van der Waals surface area (Å²) in [6.07, 6.45) is 8.68. The Hall–Kier alpha value is -2.94.